The van der Waals surface area contributed by atoms with E-state index in [1.54, 1.807) is 12.1 Å². The fourth-order valence-electron chi connectivity index (χ4n) is 2.37. The number of benzene rings is 1. The van der Waals surface area contributed by atoms with Crippen LogP contribution in [-0.2, 0) is 16.1 Å². The zero-order chi connectivity index (χ0) is 13.7. The van der Waals surface area contributed by atoms with Crippen molar-refractivity contribution in [3.63, 3.8) is 0 Å². The summed E-state index contributed by atoms with van der Waals surface area (Å²) in [5.74, 6) is -0.168. The van der Waals surface area contributed by atoms with Crippen LogP contribution in [0.2, 0.25) is 0 Å². The van der Waals surface area contributed by atoms with E-state index in [1.807, 2.05) is 0 Å². The molecule has 19 heavy (non-hydrogen) atoms. The van der Waals surface area contributed by atoms with E-state index in [0.29, 0.717) is 5.56 Å². The van der Waals surface area contributed by atoms with Crippen LogP contribution >= 0.6 is 0 Å². The third-order valence-electron chi connectivity index (χ3n) is 3.44. The Morgan fingerprint density at radius 3 is 2.74 bits per heavy atom. The van der Waals surface area contributed by atoms with Crippen LogP contribution in [-0.4, -0.2) is 10.9 Å². The molecule has 0 bridgehead atoms. The number of carbonyl (C=O) groups is 1. The molecule has 1 saturated carbocycles. The zero-order valence-corrected chi connectivity index (χ0v) is 10.7. The van der Waals surface area contributed by atoms with Crippen LogP contribution in [0.5, 0.6) is 0 Å². The minimum atomic E-state index is -0.452. The third-order valence-corrected chi connectivity index (χ3v) is 3.44. The Morgan fingerprint density at radius 1 is 1.32 bits per heavy atom. The molecule has 0 heterocycles. The second-order valence-corrected chi connectivity index (χ2v) is 4.87. The molecule has 0 amide bonds. The first-order valence-electron chi connectivity index (χ1n) is 6.57. The minimum Gasteiger partial charge on any atom is -0.461 e. The van der Waals surface area contributed by atoms with Crippen molar-refractivity contribution in [3.8, 4) is 0 Å². The van der Waals surface area contributed by atoms with Gasteiger partial charge in [0, 0.05) is 12.1 Å². The summed E-state index contributed by atoms with van der Waals surface area (Å²) in [4.78, 5) is 22.0. The van der Waals surface area contributed by atoms with Gasteiger partial charge >= 0.3 is 5.97 Å². The Kier molecular flexibility index (Phi) is 4.49. The molecule has 0 aromatic heterocycles. The average Bonchev–Trinajstić information content (AvgIpc) is 2.46. The normalized spacial score (nSPS) is 16.0. The number of hydrogen-bond acceptors (Lipinski definition) is 4. The SMILES string of the molecule is O=C(OCc1cccc([N+](=O)[O-])c1)C1CCCCC1. The molecular formula is C14H17NO4. The second-order valence-electron chi connectivity index (χ2n) is 4.87. The van der Waals surface area contributed by atoms with Crippen molar-refractivity contribution < 1.29 is 14.5 Å². The first kappa shape index (κ1) is 13.5. The third kappa shape index (κ3) is 3.77. The lowest BCUT2D eigenvalue weighted by Crippen LogP contribution is -2.20. The highest BCUT2D eigenvalue weighted by atomic mass is 16.6. The van der Waals surface area contributed by atoms with Crippen LogP contribution in [0.3, 0.4) is 0 Å². The fraction of sp³-hybridized carbons (Fsp3) is 0.500. The smallest absolute Gasteiger partial charge is 0.309 e. The molecule has 5 heteroatoms. The van der Waals surface area contributed by atoms with Crippen LogP contribution in [0.4, 0.5) is 5.69 Å². The molecule has 1 aliphatic carbocycles. The summed E-state index contributed by atoms with van der Waals surface area (Å²) in [6.45, 7) is 0.108. The molecule has 1 fully saturated rings. The summed E-state index contributed by atoms with van der Waals surface area (Å²) in [5.41, 5.74) is 0.671. The van der Waals surface area contributed by atoms with Crippen molar-refractivity contribution in [2.45, 2.75) is 38.7 Å². The summed E-state index contributed by atoms with van der Waals surface area (Å²) in [7, 11) is 0. The number of hydrogen-bond donors (Lipinski definition) is 0. The van der Waals surface area contributed by atoms with Crippen molar-refractivity contribution in [1.82, 2.24) is 0 Å². The molecule has 2 rings (SSSR count). The topological polar surface area (TPSA) is 69.4 Å². The largest absolute Gasteiger partial charge is 0.461 e. The van der Waals surface area contributed by atoms with Gasteiger partial charge in [0.2, 0.25) is 0 Å². The van der Waals surface area contributed by atoms with E-state index in [0.717, 1.165) is 25.7 Å². The van der Waals surface area contributed by atoms with Crippen LogP contribution in [0.1, 0.15) is 37.7 Å². The minimum absolute atomic E-state index is 0.00690. The van der Waals surface area contributed by atoms with Crippen molar-refractivity contribution >= 4 is 11.7 Å². The van der Waals surface area contributed by atoms with Gasteiger partial charge in [-0.1, -0.05) is 31.4 Å². The fourth-order valence-corrected chi connectivity index (χ4v) is 2.37. The van der Waals surface area contributed by atoms with E-state index in [9.17, 15) is 14.9 Å². The van der Waals surface area contributed by atoms with Crippen LogP contribution < -0.4 is 0 Å². The molecule has 0 atom stereocenters. The lowest BCUT2D eigenvalue weighted by molar-refractivity contribution is -0.384. The van der Waals surface area contributed by atoms with E-state index in [4.69, 9.17) is 4.74 Å². The average molecular weight is 263 g/mol. The lowest BCUT2D eigenvalue weighted by Gasteiger charge is -2.19. The highest BCUT2D eigenvalue weighted by molar-refractivity contribution is 5.72. The highest BCUT2D eigenvalue weighted by Crippen LogP contribution is 2.25. The molecule has 0 saturated heterocycles. The Labute approximate surface area is 111 Å². The summed E-state index contributed by atoms with van der Waals surface area (Å²) in [5, 5.41) is 10.6. The van der Waals surface area contributed by atoms with Crippen molar-refractivity contribution in [1.29, 1.82) is 0 Å². The van der Waals surface area contributed by atoms with E-state index in [2.05, 4.69) is 0 Å². The monoisotopic (exact) mass is 263 g/mol. The molecule has 0 N–H and O–H groups in total. The number of non-ortho nitro benzene ring substituents is 1. The van der Waals surface area contributed by atoms with Crippen molar-refractivity contribution in [3.05, 3.63) is 39.9 Å². The zero-order valence-electron chi connectivity index (χ0n) is 10.7. The Balaban J connectivity index is 1.89. The molecule has 1 aromatic rings. The van der Waals surface area contributed by atoms with Gasteiger partial charge in [0.25, 0.3) is 5.69 Å². The second kappa shape index (κ2) is 6.31. The van der Waals surface area contributed by atoms with Gasteiger partial charge in [-0.05, 0) is 18.4 Å². The molecular weight excluding hydrogens is 246 g/mol. The van der Waals surface area contributed by atoms with Crippen molar-refractivity contribution in [2.75, 3.05) is 0 Å². The Bertz CT molecular complexity index is 466. The van der Waals surface area contributed by atoms with Gasteiger partial charge in [0.05, 0.1) is 10.8 Å². The lowest BCUT2D eigenvalue weighted by atomic mass is 9.89. The van der Waals surface area contributed by atoms with E-state index >= 15 is 0 Å². The molecule has 0 radical (unpaired) electrons. The molecule has 0 unspecified atom stereocenters. The molecule has 102 valence electrons. The van der Waals surface area contributed by atoms with E-state index in [-0.39, 0.29) is 24.2 Å². The molecule has 0 spiro atoms. The molecule has 1 aliphatic rings. The van der Waals surface area contributed by atoms with E-state index < -0.39 is 4.92 Å². The Hall–Kier alpha value is -1.91. The summed E-state index contributed by atoms with van der Waals surface area (Å²) < 4.78 is 5.24. The quantitative estimate of drug-likeness (QED) is 0.475. The summed E-state index contributed by atoms with van der Waals surface area (Å²) >= 11 is 0. The van der Waals surface area contributed by atoms with Gasteiger partial charge in [-0.25, -0.2) is 0 Å². The van der Waals surface area contributed by atoms with Crippen LogP contribution in [0, 0.1) is 16.0 Å². The summed E-state index contributed by atoms with van der Waals surface area (Å²) in [6, 6.07) is 6.18. The molecule has 0 aliphatic heterocycles. The van der Waals surface area contributed by atoms with E-state index in [1.165, 1.54) is 18.6 Å². The first-order valence-corrected chi connectivity index (χ1v) is 6.57. The number of ether oxygens (including phenoxy) is 1. The molecule has 1 aromatic carbocycles. The highest BCUT2D eigenvalue weighted by Gasteiger charge is 2.22. The summed E-state index contributed by atoms with van der Waals surface area (Å²) in [6.07, 6.45) is 5.14. The maximum Gasteiger partial charge on any atom is 0.309 e. The Morgan fingerprint density at radius 2 is 2.05 bits per heavy atom. The van der Waals surface area contributed by atoms with Crippen LogP contribution in [0.15, 0.2) is 24.3 Å². The van der Waals surface area contributed by atoms with Gasteiger partial charge in [0.1, 0.15) is 6.61 Å². The number of esters is 1. The van der Waals surface area contributed by atoms with Gasteiger partial charge in [0.15, 0.2) is 0 Å². The number of carbonyl (C=O) groups excluding carboxylic acids is 1. The first-order chi connectivity index (χ1) is 9.16. The number of rotatable bonds is 4. The van der Waals surface area contributed by atoms with Gasteiger partial charge in [-0.3, -0.25) is 14.9 Å². The number of nitro benzene ring substituents is 1. The number of nitrogens with zero attached hydrogens (tertiary/aromatic N) is 1. The predicted molar refractivity (Wildman–Crippen MR) is 69.5 cm³/mol. The van der Waals surface area contributed by atoms with Gasteiger partial charge in [-0.15, -0.1) is 0 Å². The maximum atomic E-state index is 11.8. The standard InChI is InChI=1S/C14H17NO4/c16-14(12-6-2-1-3-7-12)19-10-11-5-4-8-13(9-11)15(17)18/h4-5,8-9,12H,1-3,6-7,10H2. The van der Waals surface area contributed by atoms with Crippen LogP contribution in [0.25, 0.3) is 0 Å². The maximum absolute atomic E-state index is 11.8. The van der Waals surface area contributed by atoms with Gasteiger partial charge in [-0.2, -0.15) is 0 Å². The predicted octanol–water partition coefficient (Wildman–Crippen LogP) is 3.22. The van der Waals surface area contributed by atoms with Crippen molar-refractivity contribution in [2.24, 2.45) is 5.92 Å². The number of nitro groups is 1. The molecule has 5 nitrogen and oxygen atoms in total. The van der Waals surface area contributed by atoms with Gasteiger partial charge < -0.3 is 4.74 Å².